The molecule has 2 rings (SSSR count). The summed E-state index contributed by atoms with van der Waals surface area (Å²) in [5.74, 6) is 0.958. The number of rotatable bonds is 7. The van der Waals surface area contributed by atoms with Gasteiger partial charge in [-0.3, -0.25) is 0 Å². The summed E-state index contributed by atoms with van der Waals surface area (Å²) >= 11 is 1.77. The number of benzene rings is 1. The Hall–Kier alpha value is -1.32. The zero-order valence-corrected chi connectivity index (χ0v) is 12.4. The minimum absolute atomic E-state index is 0.787. The van der Waals surface area contributed by atoms with Crippen LogP contribution in [0.2, 0.25) is 0 Å². The molecule has 0 aliphatic rings. The Morgan fingerprint density at radius 1 is 1.11 bits per heavy atom. The van der Waals surface area contributed by atoms with E-state index in [0.717, 1.165) is 31.9 Å². The summed E-state index contributed by atoms with van der Waals surface area (Å²) in [4.78, 5) is 0. The molecule has 0 atom stereocenters. The third-order valence-corrected chi connectivity index (χ3v) is 3.91. The summed E-state index contributed by atoms with van der Waals surface area (Å²) in [5.41, 5.74) is 4.06. The van der Waals surface area contributed by atoms with Gasteiger partial charge < -0.3 is 10.1 Å². The van der Waals surface area contributed by atoms with Gasteiger partial charge in [0.2, 0.25) is 0 Å². The SMILES string of the molecule is CCCOc1ccc(CNCc2cscc2C)cc1. The highest BCUT2D eigenvalue weighted by atomic mass is 32.1. The Bertz CT molecular complexity index is 490. The molecular weight excluding hydrogens is 254 g/mol. The highest BCUT2D eigenvalue weighted by molar-refractivity contribution is 7.08. The smallest absolute Gasteiger partial charge is 0.119 e. The molecule has 0 aliphatic heterocycles. The van der Waals surface area contributed by atoms with Gasteiger partial charge in [-0.25, -0.2) is 0 Å². The van der Waals surface area contributed by atoms with E-state index in [0.29, 0.717) is 0 Å². The zero-order chi connectivity index (χ0) is 13.5. The first-order valence-corrected chi connectivity index (χ1v) is 7.68. The van der Waals surface area contributed by atoms with Crippen LogP contribution in [0.4, 0.5) is 0 Å². The van der Waals surface area contributed by atoms with Gasteiger partial charge in [0.1, 0.15) is 5.75 Å². The topological polar surface area (TPSA) is 21.3 Å². The highest BCUT2D eigenvalue weighted by Gasteiger charge is 1.99. The molecule has 102 valence electrons. The van der Waals surface area contributed by atoms with Gasteiger partial charge in [-0.15, -0.1) is 0 Å². The van der Waals surface area contributed by atoms with E-state index in [9.17, 15) is 0 Å². The van der Waals surface area contributed by atoms with Gasteiger partial charge in [-0.2, -0.15) is 11.3 Å². The van der Waals surface area contributed by atoms with Crippen molar-refractivity contribution in [1.82, 2.24) is 5.32 Å². The summed E-state index contributed by atoms with van der Waals surface area (Å²) in [6.45, 7) is 6.89. The van der Waals surface area contributed by atoms with Crippen molar-refractivity contribution in [3.63, 3.8) is 0 Å². The van der Waals surface area contributed by atoms with Crippen molar-refractivity contribution in [3.05, 3.63) is 51.7 Å². The van der Waals surface area contributed by atoms with Gasteiger partial charge in [0.05, 0.1) is 6.61 Å². The lowest BCUT2D eigenvalue weighted by atomic mass is 10.2. The molecule has 0 saturated carbocycles. The van der Waals surface area contributed by atoms with Crippen LogP contribution in [0.1, 0.15) is 30.0 Å². The Morgan fingerprint density at radius 2 is 1.89 bits per heavy atom. The first-order valence-electron chi connectivity index (χ1n) is 6.73. The lowest BCUT2D eigenvalue weighted by Gasteiger charge is -2.07. The van der Waals surface area contributed by atoms with Crippen LogP contribution in [0.3, 0.4) is 0 Å². The van der Waals surface area contributed by atoms with Crippen LogP contribution in [0.5, 0.6) is 5.75 Å². The fraction of sp³-hybridized carbons (Fsp3) is 0.375. The first kappa shape index (κ1) is 14.1. The molecule has 3 heteroatoms. The molecule has 0 unspecified atom stereocenters. The predicted octanol–water partition coefficient (Wildman–Crippen LogP) is 4.14. The number of hydrogen-bond acceptors (Lipinski definition) is 3. The van der Waals surface area contributed by atoms with E-state index in [1.165, 1.54) is 16.7 Å². The summed E-state index contributed by atoms with van der Waals surface area (Å²) in [7, 11) is 0. The second-order valence-electron chi connectivity index (χ2n) is 4.68. The molecule has 0 fully saturated rings. The Morgan fingerprint density at radius 3 is 2.53 bits per heavy atom. The highest BCUT2D eigenvalue weighted by Crippen LogP contribution is 2.14. The van der Waals surface area contributed by atoms with Crippen molar-refractivity contribution in [3.8, 4) is 5.75 Å². The summed E-state index contributed by atoms with van der Waals surface area (Å²) in [5, 5.41) is 7.88. The molecule has 0 bridgehead atoms. The van der Waals surface area contributed by atoms with Crippen LogP contribution in [-0.2, 0) is 13.1 Å². The maximum Gasteiger partial charge on any atom is 0.119 e. The molecule has 1 N–H and O–H groups in total. The standard InChI is InChI=1S/C16H21NOS/c1-3-8-18-16-6-4-14(5-7-16)9-17-10-15-12-19-11-13(15)2/h4-7,11-12,17H,3,8-10H2,1-2H3. The largest absolute Gasteiger partial charge is 0.494 e. The zero-order valence-electron chi connectivity index (χ0n) is 11.6. The average Bonchev–Trinajstić information content (AvgIpc) is 2.84. The van der Waals surface area contributed by atoms with Gasteiger partial charge in [0.25, 0.3) is 0 Å². The van der Waals surface area contributed by atoms with Crippen LogP contribution in [0.15, 0.2) is 35.0 Å². The number of nitrogens with one attached hydrogen (secondary N) is 1. The van der Waals surface area contributed by atoms with Gasteiger partial charge in [-0.05, 0) is 52.9 Å². The van der Waals surface area contributed by atoms with E-state index >= 15 is 0 Å². The van der Waals surface area contributed by atoms with Crippen LogP contribution in [0.25, 0.3) is 0 Å². The lowest BCUT2D eigenvalue weighted by Crippen LogP contribution is -2.12. The van der Waals surface area contributed by atoms with Crippen molar-refractivity contribution in [2.24, 2.45) is 0 Å². The van der Waals surface area contributed by atoms with Crippen molar-refractivity contribution in [1.29, 1.82) is 0 Å². The normalized spacial score (nSPS) is 10.6. The number of ether oxygens (including phenoxy) is 1. The average molecular weight is 275 g/mol. The molecule has 1 aromatic heterocycles. The third-order valence-electron chi connectivity index (χ3n) is 3.00. The number of thiophene rings is 1. The minimum Gasteiger partial charge on any atom is -0.494 e. The van der Waals surface area contributed by atoms with E-state index < -0.39 is 0 Å². The molecule has 0 spiro atoms. The molecule has 1 heterocycles. The van der Waals surface area contributed by atoms with Gasteiger partial charge in [0, 0.05) is 13.1 Å². The molecule has 0 aliphatic carbocycles. The second kappa shape index (κ2) is 7.31. The monoisotopic (exact) mass is 275 g/mol. The maximum atomic E-state index is 5.57. The van der Waals surface area contributed by atoms with E-state index in [4.69, 9.17) is 4.74 Å². The Balaban J connectivity index is 1.78. The molecule has 2 nitrogen and oxygen atoms in total. The van der Waals surface area contributed by atoms with Crippen LogP contribution in [-0.4, -0.2) is 6.61 Å². The maximum absolute atomic E-state index is 5.57. The van der Waals surface area contributed by atoms with Gasteiger partial charge in [-0.1, -0.05) is 19.1 Å². The van der Waals surface area contributed by atoms with Crippen LogP contribution >= 0.6 is 11.3 Å². The molecule has 0 saturated heterocycles. The van der Waals surface area contributed by atoms with Crippen molar-refractivity contribution >= 4 is 11.3 Å². The molecule has 0 amide bonds. The summed E-state index contributed by atoms with van der Waals surface area (Å²) in [6, 6.07) is 8.34. The second-order valence-corrected chi connectivity index (χ2v) is 5.42. The fourth-order valence-electron chi connectivity index (χ4n) is 1.83. The van der Waals surface area contributed by atoms with Gasteiger partial charge in [0.15, 0.2) is 0 Å². The molecule has 0 radical (unpaired) electrons. The van der Waals surface area contributed by atoms with Crippen molar-refractivity contribution in [2.75, 3.05) is 6.61 Å². The van der Waals surface area contributed by atoms with Crippen LogP contribution in [0, 0.1) is 6.92 Å². The molecule has 2 aromatic rings. The van der Waals surface area contributed by atoms with E-state index in [2.05, 4.69) is 42.1 Å². The quantitative estimate of drug-likeness (QED) is 0.820. The van der Waals surface area contributed by atoms with Crippen molar-refractivity contribution < 1.29 is 4.74 Å². The fourth-order valence-corrected chi connectivity index (χ4v) is 2.69. The Labute approximate surface area is 119 Å². The van der Waals surface area contributed by atoms with E-state index in [1.807, 2.05) is 12.1 Å². The van der Waals surface area contributed by atoms with Gasteiger partial charge >= 0.3 is 0 Å². The minimum atomic E-state index is 0.787. The lowest BCUT2D eigenvalue weighted by molar-refractivity contribution is 0.317. The molecule has 19 heavy (non-hydrogen) atoms. The first-order chi connectivity index (χ1) is 9.29. The summed E-state index contributed by atoms with van der Waals surface area (Å²) < 4.78 is 5.57. The predicted molar refractivity (Wildman–Crippen MR) is 81.8 cm³/mol. The number of hydrogen-bond donors (Lipinski definition) is 1. The number of aryl methyl sites for hydroxylation is 1. The van der Waals surface area contributed by atoms with Crippen LogP contribution < -0.4 is 10.1 Å². The van der Waals surface area contributed by atoms with Crippen molar-refractivity contribution in [2.45, 2.75) is 33.4 Å². The van der Waals surface area contributed by atoms with E-state index in [-0.39, 0.29) is 0 Å². The Kier molecular flexibility index (Phi) is 5.43. The molecular formula is C16H21NOS. The van der Waals surface area contributed by atoms with E-state index in [1.54, 1.807) is 11.3 Å². The molecule has 1 aromatic carbocycles. The summed E-state index contributed by atoms with van der Waals surface area (Å²) in [6.07, 6.45) is 1.04. The third kappa shape index (κ3) is 4.37.